The van der Waals surface area contributed by atoms with E-state index in [1.165, 1.54) is 23.0 Å². The Morgan fingerprint density at radius 1 is 1.38 bits per heavy atom. The molecule has 0 aliphatic carbocycles. The summed E-state index contributed by atoms with van der Waals surface area (Å²) in [5, 5.41) is 4.08. The summed E-state index contributed by atoms with van der Waals surface area (Å²) in [6.07, 6.45) is 1.42. The maximum absolute atomic E-state index is 13.7. The normalized spacial score (nSPS) is 13.4. The summed E-state index contributed by atoms with van der Waals surface area (Å²) in [6, 6.07) is 1.92. The lowest BCUT2D eigenvalue weighted by Gasteiger charge is -2.14. The number of rotatable bonds is 4. The number of hydrogen-bond donors (Lipinski definition) is 1. The van der Waals surface area contributed by atoms with Gasteiger partial charge in [-0.3, -0.25) is 9.67 Å². The van der Waals surface area contributed by atoms with Crippen LogP contribution in [0.5, 0.6) is 0 Å². The molecule has 2 aromatic heterocycles. The van der Waals surface area contributed by atoms with Gasteiger partial charge in [0.15, 0.2) is 0 Å². The van der Waals surface area contributed by atoms with Crippen molar-refractivity contribution in [1.82, 2.24) is 19.5 Å². The Kier molecular flexibility index (Phi) is 4.11. The second-order valence-corrected chi connectivity index (χ2v) is 6.49. The van der Waals surface area contributed by atoms with Gasteiger partial charge in [-0.1, -0.05) is 0 Å². The van der Waals surface area contributed by atoms with Crippen LogP contribution in [0.3, 0.4) is 0 Å². The van der Waals surface area contributed by atoms with Gasteiger partial charge in [-0.2, -0.15) is 5.10 Å². The predicted molar refractivity (Wildman–Crippen MR) is 75.6 cm³/mol. The van der Waals surface area contributed by atoms with E-state index in [0.717, 1.165) is 0 Å². The molecule has 0 amide bonds. The lowest BCUT2D eigenvalue weighted by atomic mass is 10.2. The molecule has 0 saturated carbocycles. The van der Waals surface area contributed by atoms with Crippen molar-refractivity contribution in [3.8, 4) is 0 Å². The highest BCUT2D eigenvalue weighted by Gasteiger charge is 2.27. The van der Waals surface area contributed by atoms with E-state index in [1.807, 2.05) is 0 Å². The van der Waals surface area contributed by atoms with Crippen LogP contribution < -0.4 is 4.72 Å². The Hall–Kier alpha value is -1.80. The number of aromatic nitrogens is 3. The Morgan fingerprint density at radius 2 is 2.05 bits per heavy atom. The van der Waals surface area contributed by atoms with Crippen molar-refractivity contribution in [3.05, 3.63) is 41.2 Å². The molecule has 1 N–H and O–H groups in total. The molecule has 2 aromatic rings. The largest absolute Gasteiger partial charge is 0.271 e. The van der Waals surface area contributed by atoms with Gasteiger partial charge in [-0.25, -0.2) is 17.5 Å². The van der Waals surface area contributed by atoms with Gasteiger partial charge in [0.1, 0.15) is 10.7 Å². The van der Waals surface area contributed by atoms with Crippen molar-refractivity contribution in [2.75, 3.05) is 0 Å². The van der Waals surface area contributed by atoms with Gasteiger partial charge >= 0.3 is 0 Å². The van der Waals surface area contributed by atoms with E-state index in [9.17, 15) is 12.8 Å². The first-order valence-electron chi connectivity index (χ1n) is 6.37. The van der Waals surface area contributed by atoms with Gasteiger partial charge in [0, 0.05) is 13.2 Å². The van der Waals surface area contributed by atoms with E-state index in [-0.39, 0.29) is 10.6 Å². The molecule has 2 rings (SSSR count). The summed E-state index contributed by atoms with van der Waals surface area (Å²) in [5.41, 5.74) is 0.977. The molecule has 1 atom stereocenters. The van der Waals surface area contributed by atoms with Gasteiger partial charge in [0.2, 0.25) is 10.0 Å². The highest BCUT2D eigenvalue weighted by molar-refractivity contribution is 7.89. The number of halogens is 1. The van der Waals surface area contributed by atoms with Crippen LogP contribution in [-0.4, -0.2) is 23.2 Å². The molecule has 0 saturated heterocycles. The molecule has 21 heavy (non-hydrogen) atoms. The topological polar surface area (TPSA) is 76.9 Å². The third-order valence-electron chi connectivity index (χ3n) is 3.24. The molecule has 0 radical (unpaired) electrons. The van der Waals surface area contributed by atoms with Crippen molar-refractivity contribution in [2.45, 2.75) is 31.7 Å². The second kappa shape index (κ2) is 5.53. The lowest BCUT2D eigenvalue weighted by Crippen LogP contribution is -2.29. The van der Waals surface area contributed by atoms with Gasteiger partial charge in [-0.05, 0) is 32.9 Å². The van der Waals surface area contributed by atoms with Crippen LogP contribution in [0.2, 0.25) is 0 Å². The average molecular weight is 312 g/mol. The first kappa shape index (κ1) is 15.6. The van der Waals surface area contributed by atoms with Crippen LogP contribution in [0.1, 0.15) is 30.0 Å². The monoisotopic (exact) mass is 312 g/mol. The van der Waals surface area contributed by atoms with E-state index < -0.39 is 21.9 Å². The van der Waals surface area contributed by atoms with Gasteiger partial charge < -0.3 is 0 Å². The summed E-state index contributed by atoms with van der Waals surface area (Å²) < 4.78 is 42.5. The quantitative estimate of drug-likeness (QED) is 0.930. The molecule has 2 heterocycles. The summed E-state index contributed by atoms with van der Waals surface area (Å²) in [7, 11) is -2.14. The summed E-state index contributed by atoms with van der Waals surface area (Å²) >= 11 is 0. The maximum atomic E-state index is 13.7. The van der Waals surface area contributed by atoms with E-state index in [0.29, 0.717) is 11.4 Å². The minimum Gasteiger partial charge on any atom is -0.271 e. The maximum Gasteiger partial charge on any atom is 0.244 e. The van der Waals surface area contributed by atoms with Crippen LogP contribution in [-0.2, 0) is 17.1 Å². The van der Waals surface area contributed by atoms with Crippen molar-refractivity contribution < 1.29 is 12.8 Å². The highest BCUT2D eigenvalue weighted by Crippen LogP contribution is 2.22. The third kappa shape index (κ3) is 2.96. The van der Waals surface area contributed by atoms with Crippen molar-refractivity contribution in [2.24, 2.45) is 7.05 Å². The zero-order valence-corrected chi connectivity index (χ0v) is 13.1. The molecule has 0 aliphatic heterocycles. The predicted octanol–water partition coefficient (Wildman–Crippen LogP) is 1.61. The molecule has 0 aromatic carbocycles. The fraction of sp³-hybridized carbons (Fsp3) is 0.385. The van der Waals surface area contributed by atoms with Crippen LogP contribution in [0, 0.1) is 19.7 Å². The first-order chi connectivity index (χ1) is 9.74. The molecular weight excluding hydrogens is 295 g/mol. The fourth-order valence-corrected chi connectivity index (χ4v) is 3.85. The molecule has 114 valence electrons. The number of hydrogen-bond acceptors (Lipinski definition) is 4. The number of nitrogens with zero attached hydrogens (tertiary/aromatic N) is 3. The van der Waals surface area contributed by atoms with Gasteiger partial charge in [0.25, 0.3) is 0 Å². The van der Waals surface area contributed by atoms with Crippen LogP contribution >= 0.6 is 0 Å². The van der Waals surface area contributed by atoms with Crippen molar-refractivity contribution in [1.29, 1.82) is 0 Å². The fourth-order valence-electron chi connectivity index (χ4n) is 2.21. The average Bonchev–Trinajstić information content (AvgIpc) is 2.63. The Labute approximate surface area is 123 Å². The van der Waals surface area contributed by atoms with Crippen LogP contribution in [0.4, 0.5) is 4.39 Å². The van der Waals surface area contributed by atoms with Gasteiger partial charge in [-0.15, -0.1) is 0 Å². The summed E-state index contributed by atoms with van der Waals surface area (Å²) in [4.78, 5) is 4.00. The zero-order chi connectivity index (χ0) is 15.8. The van der Waals surface area contributed by atoms with Crippen molar-refractivity contribution in [3.63, 3.8) is 0 Å². The third-order valence-corrected chi connectivity index (χ3v) is 5.03. The van der Waals surface area contributed by atoms with Crippen molar-refractivity contribution >= 4 is 10.0 Å². The van der Waals surface area contributed by atoms with E-state index in [2.05, 4.69) is 14.8 Å². The van der Waals surface area contributed by atoms with E-state index in [1.54, 1.807) is 27.8 Å². The van der Waals surface area contributed by atoms with E-state index >= 15 is 0 Å². The summed E-state index contributed by atoms with van der Waals surface area (Å²) in [5.74, 6) is -0.549. The lowest BCUT2D eigenvalue weighted by molar-refractivity contribution is 0.539. The number of aryl methyl sites for hydroxylation is 2. The standard InChI is InChI=1S/C13H17FN4O2S/c1-8(12-11(14)6-5-7-15-12)17-21(19,20)13-9(2)16-18(4)10(13)3/h5-8,17H,1-4H3/t8-/m1/s1. The second-order valence-electron chi connectivity index (χ2n) is 4.84. The molecule has 6 nitrogen and oxygen atoms in total. The number of sulfonamides is 1. The molecule has 0 fully saturated rings. The summed E-state index contributed by atoms with van der Waals surface area (Å²) in [6.45, 7) is 4.83. The van der Waals surface area contributed by atoms with Gasteiger partial charge in [0.05, 0.1) is 23.1 Å². The minimum atomic E-state index is -3.80. The number of nitrogens with one attached hydrogen (secondary N) is 1. The minimum absolute atomic E-state index is 0.0558. The van der Waals surface area contributed by atoms with E-state index in [4.69, 9.17) is 0 Å². The Balaban J connectivity index is 2.36. The number of pyridine rings is 1. The molecule has 0 bridgehead atoms. The highest BCUT2D eigenvalue weighted by atomic mass is 32.2. The molecule has 8 heteroatoms. The SMILES string of the molecule is Cc1nn(C)c(C)c1S(=O)(=O)N[C@H](C)c1ncccc1F. The van der Waals surface area contributed by atoms with Crippen LogP contribution in [0.15, 0.2) is 23.2 Å². The molecule has 0 spiro atoms. The smallest absolute Gasteiger partial charge is 0.244 e. The first-order valence-corrected chi connectivity index (χ1v) is 7.85. The Bertz CT molecular complexity index is 770. The zero-order valence-electron chi connectivity index (χ0n) is 12.3. The Morgan fingerprint density at radius 3 is 2.57 bits per heavy atom. The molecular formula is C13H17FN4O2S. The van der Waals surface area contributed by atoms with Crippen LogP contribution in [0.25, 0.3) is 0 Å². The molecule has 0 unspecified atom stereocenters. The molecule has 0 aliphatic rings.